The van der Waals surface area contributed by atoms with Gasteiger partial charge in [-0.15, -0.1) is 18.2 Å². The number of aromatic nitrogens is 1. The molecule has 1 aromatic rings. The first-order chi connectivity index (χ1) is 11.0. The fourth-order valence-electron chi connectivity index (χ4n) is 2.42. The van der Waals surface area contributed by atoms with Gasteiger partial charge < -0.3 is 0 Å². The zero-order valence-electron chi connectivity index (χ0n) is 12.1. The van der Waals surface area contributed by atoms with Crippen LogP contribution in [0.5, 0.6) is 0 Å². The van der Waals surface area contributed by atoms with Crippen LogP contribution in [0.25, 0.3) is 0 Å². The van der Waals surface area contributed by atoms with Gasteiger partial charge in [-0.1, -0.05) is 6.08 Å². The minimum absolute atomic E-state index is 0.220. The summed E-state index contributed by atoms with van der Waals surface area (Å²) in [7, 11) is 0. The Labute approximate surface area is 146 Å². The summed E-state index contributed by atoms with van der Waals surface area (Å²) in [6.45, 7) is 3.46. The largest absolute Gasteiger partial charge is 0.272 e. The summed E-state index contributed by atoms with van der Waals surface area (Å²) >= 11 is 9.05. The highest BCUT2D eigenvalue weighted by Gasteiger charge is 2.50. The van der Waals surface area contributed by atoms with Crippen molar-refractivity contribution in [3.63, 3.8) is 0 Å². The van der Waals surface area contributed by atoms with E-state index < -0.39 is 29.7 Å². The maximum absolute atomic E-state index is 13.6. The Morgan fingerprint density at radius 2 is 2.35 bits per heavy atom. The van der Waals surface area contributed by atoms with Crippen LogP contribution in [0.3, 0.4) is 0 Å². The number of hydrazone groups is 1. The van der Waals surface area contributed by atoms with E-state index in [4.69, 9.17) is 11.6 Å². The van der Waals surface area contributed by atoms with Crippen molar-refractivity contribution in [2.45, 2.75) is 25.3 Å². The highest BCUT2D eigenvalue weighted by molar-refractivity contribution is 9.10. The molecule has 0 spiro atoms. The van der Waals surface area contributed by atoms with Gasteiger partial charge in [-0.05, 0) is 34.0 Å². The Kier molecular flexibility index (Phi) is 5.86. The summed E-state index contributed by atoms with van der Waals surface area (Å²) in [5.74, 6) is -1.31. The number of hydrogen-bond acceptors (Lipinski definition) is 3. The van der Waals surface area contributed by atoms with Crippen LogP contribution < -0.4 is 0 Å². The van der Waals surface area contributed by atoms with Crippen molar-refractivity contribution >= 4 is 39.7 Å². The van der Waals surface area contributed by atoms with Gasteiger partial charge in [0.05, 0.1) is 6.04 Å². The molecule has 0 radical (unpaired) electrons. The van der Waals surface area contributed by atoms with E-state index in [-0.39, 0.29) is 6.42 Å². The molecule has 0 aromatic carbocycles. The maximum atomic E-state index is 13.6. The van der Waals surface area contributed by atoms with Crippen molar-refractivity contribution in [2.24, 2.45) is 10.5 Å². The molecule has 0 bridgehead atoms. The van der Waals surface area contributed by atoms with Gasteiger partial charge in [-0.3, -0.25) is 9.78 Å². The molecule has 2 atom stereocenters. The number of allylic oxidation sites excluding steroid dienone is 1. The molecular weight excluding hydrogens is 392 g/mol. The quantitative estimate of drug-likeness (QED) is 0.526. The van der Waals surface area contributed by atoms with Gasteiger partial charge in [-0.2, -0.15) is 5.10 Å². The molecule has 23 heavy (non-hydrogen) atoms. The van der Waals surface area contributed by atoms with E-state index in [1.165, 1.54) is 12.3 Å². The van der Waals surface area contributed by atoms with Crippen molar-refractivity contribution in [3.8, 4) is 0 Å². The van der Waals surface area contributed by atoms with Crippen LogP contribution in [0.1, 0.15) is 24.4 Å². The molecule has 4 nitrogen and oxygen atoms in total. The third-order valence-corrected chi connectivity index (χ3v) is 4.65. The molecule has 0 aliphatic carbocycles. The van der Waals surface area contributed by atoms with E-state index in [9.17, 15) is 13.6 Å². The Morgan fingerprint density at radius 3 is 2.91 bits per heavy atom. The first-order valence-corrected chi connectivity index (χ1v) is 8.20. The summed E-state index contributed by atoms with van der Waals surface area (Å²) in [6.07, 6.45) is 3.29. The van der Waals surface area contributed by atoms with Crippen LogP contribution in [-0.4, -0.2) is 34.4 Å². The average Bonchev–Trinajstić information content (AvgIpc) is 3.01. The first-order valence-electron chi connectivity index (χ1n) is 6.88. The second-order valence-electron chi connectivity index (χ2n) is 5.22. The second kappa shape index (κ2) is 7.49. The van der Waals surface area contributed by atoms with E-state index in [0.717, 1.165) is 9.48 Å². The highest BCUT2D eigenvalue weighted by Crippen LogP contribution is 2.39. The lowest BCUT2D eigenvalue weighted by molar-refractivity contribution is -0.151. The lowest BCUT2D eigenvalue weighted by Crippen LogP contribution is -2.47. The number of carbonyl (C=O) groups excluding carboxylic acids is 1. The van der Waals surface area contributed by atoms with Crippen LogP contribution in [0.4, 0.5) is 8.78 Å². The SMILES string of the molecule is C=CCC(CCl)(C(=O)N1N=CCC1c1cncc(Br)c1)C(F)F. The normalized spacial score (nSPS) is 19.9. The van der Waals surface area contributed by atoms with Gasteiger partial charge >= 0.3 is 0 Å². The lowest BCUT2D eigenvalue weighted by Gasteiger charge is -2.33. The minimum Gasteiger partial charge on any atom is -0.272 e. The van der Waals surface area contributed by atoms with Crippen molar-refractivity contribution in [1.29, 1.82) is 0 Å². The molecule has 2 unspecified atom stereocenters. The Balaban J connectivity index is 2.36. The lowest BCUT2D eigenvalue weighted by atomic mass is 9.85. The van der Waals surface area contributed by atoms with Crippen LogP contribution >= 0.6 is 27.5 Å². The highest BCUT2D eigenvalue weighted by atomic mass is 79.9. The second-order valence-corrected chi connectivity index (χ2v) is 6.40. The standard InChI is InChI=1S/C15H15BrClF2N3O/c1-2-4-15(9-17,13(18)19)14(23)22-12(3-5-21-22)10-6-11(16)8-20-7-10/h2,5-8,12-13H,1,3-4,9H2. The molecular formula is C15H15BrClF2N3O. The van der Waals surface area contributed by atoms with Crippen LogP contribution in [0.2, 0.25) is 0 Å². The Morgan fingerprint density at radius 1 is 1.61 bits per heavy atom. The number of rotatable bonds is 6. The fraction of sp³-hybridized carbons (Fsp3) is 0.400. The molecule has 124 valence electrons. The van der Waals surface area contributed by atoms with Crippen LogP contribution in [-0.2, 0) is 4.79 Å². The number of amides is 1. The van der Waals surface area contributed by atoms with E-state index in [2.05, 4.69) is 32.6 Å². The molecule has 2 rings (SSSR count). The molecule has 0 saturated carbocycles. The van der Waals surface area contributed by atoms with E-state index in [1.54, 1.807) is 18.5 Å². The first kappa shape index (κ1) is 18.0. The van der Waals surface area contributed by atoms with E-state index >= 15 is 0 Å². The predicted octanol–water partition coefficient (Wildman–Crippen LogP) is 4.17. The fourth-order valence-corrected chi connectivity index (χ4v) is 3.15. The molecule has 2 heterocycles. The van der Waals surface area contributed by atoms with Crippen LogP contribution in [0, 0.1) is 5.41 Å². The van der Waals surface area contributed by atoms with Gasteiger partial charge in [0.15, 0.2) is 0 Å². The van der Waals surface area contributed by atoms with Crippen molar-refractivity contribution < 1.29 is 13.6 Å². The molecule has 0 saturated heterocycles. The van der Waals surface area contributed by atoms with Gasteiger partial charge in [0.1, 0.15) is 5.41 Å². The summed E-state index contributed by atoms with van der Waals surface area (Å²) in [5, 5.41) is 5.08. The molecule has 0 fully saturated rings. The minimum atomic E-state index is -2.91. The number of nitrogens with zero attached hydrogens (tertiary/aromatic N) is 3. The Bertz CT molecular complexity index is 628. The smallest absolute Gasteiger partial charge is 0.256 e. The third-order valence-electron chi connectivity index (χ3n) is 3.74. The monoisotopic (exact) mass is 405 g/mol. The van der Waals surface area contributed by atoms with E-state index in [0.29, 0.717) is 12.0 Å². The summed E-state index contributed by atoms with van der Waals surface area (Å²) < 4.78 is 27.9. The van der Waals surface area contributed by atoms with Gasteiger partial charge in [0, 0.05) is 35.4 Å². The molecule has 1 amide bonds. The van der Waals surface area contributed by atoms with Crippen molar-refractivity contribution in [2.75, 3.05) is 5.88 Å². The number of alkyl halides is 3. The molecule has 8 heteroatoms. The molecule has 1 aliphatic heterocycles. The number of halogens is 4. The van der Waals surface area contributed by atoms with Gasteiger partial charge in [0.2, 0.25) is 0 Å². The molecule has 1 aliphatic rings. The summed E-state index contributed by atoms with van der Waals surface area (Å²) in [4.78, 5) is 16.8. The predicted molar refractivity (Wildman–Crippen MR) is 88.6 cm³/mol. The number of hydrogen-bond donors (Lipinski definition) is 0. The van der Waals surface area contributed by atoms with Crippen molar-refractivity contribution in [3.05, 3.63) is 41.2 Å². The number of carbonyl (C=O) groups is 1. The topological polar surface area (TPSA) is 45.6 Å². The summed E-state index contributed by atoms with van der Waals surface area (Å²) in [5.41, 5.74) is -1.32. The van der Waals surface area contributed by atoms with Gasteiger partial charge in [0.25, 0.3) is 12.3 Å². The molecule has 0 N–H and O–H groups in total. The Hall–Kier alpha value is -1.34. The van der Waals surface area contributed by atoms with E-state index in [1.807, 2.05) is 0 Å². The summed E-state index contributed by atoms with van der Waals surface area (Å²) in [6, 6.07) is 1.31. The van der Waals surface area contributed by atoms with Crippen LogP contribution in [0.15, 0.2) is 40.7 Å². The number of pyridine rings is 1. The van der Waals surface area contributed by atoms with Crippen molar-refractivity contribution in [1.82, 2.24) is 9.99 Å². The maximum Gasteiger partial charge on any atom is 0.256 e. The average molecular weight is 407 g/mol. The van der Waals surface area contributed by atoms with Gasteiger partial charge in [-0.25, -0.2) is 13.8 Å². The zero-order valence-corrected chi connectivity index (χ0v) is 14.5. The third kappa shape index (κ3) is 3.45. The molecule has 1 aromatic heterocycles. The zero-order chi connectivity index (χ0) is 17.0.